The number of carboxylic acid groups (broad SMARTS) is 1. The molecule has 9 atom stereocenters. The molecular formula is C25H40O4. The molecule has 29 heavy (non-hydrogen) atoms. The van der Waals surface area contributed by atoms with Gasteiger partial charge in [-0.2, -0.15) is 0 Å². The normalized spacial score (nSPS) is 47.8. The number of ketones is 1. The molecule has 0 amide bonds. The van der Waals surface area contributed by atoms with Gasteiger partial charge in [-0.15, -0.1) is 0 Å². The Kier molecular flexibility index (Phi) is 5.63. The second-order valence-electron chi connectivity index (χ2n) is 11.3. The van der Waals surface area contributed by atoms with Crippen molar-refractivity contribution in [3.8, 4) is 0 Å². The highest BCUT2D eigenvalue weighted by molar-refractivity contribution is 5.87. The Balaban J connectivity index is 1.56. The van der Waals surface area contributed by atoms with Crippen molar-refractivity contribution in [3.63, 3.8) is 0 Å². The summed E-state index contributed by atoms with van der Waals surface area (Å²) in [5.41, 5.74) is 0.0635. The van der Waals surface area contributed by atoms with Gasteiger partial charge in [0.05, 0.1) is 6.10 Å². The molecule has 1 N–H and O–H groups in total. The van der Waals surface area contributed by atoms with Gasteiger partial charge in [0, 0.05) is 25.4 Å². The van der Waals surface area contributed by atoms with Gasteiger partial charge in [-0.1, -0.05) is 20.8 Å². The molecule has 0 unspecified atom stereocenters. The van der Waals surface area contributed by atoms with Crippen LogP contribution in [0.4, 0.5) is 0 Å². The van der Waals surface area contributed by atoms with Crippen LogP contribution >= 0.6 is 0 Å². The first-order chi connectivity index (χ1) is 13.7. The smallest absolute Gasteiger partial charge is 0.303 e. The van der Waals surface area contributed by atoms with Crippen LogP contribution in [0, 0.1) is 46.3 Å². The molecule has 0 saturated heterocycles. The second kappa shape index (κ2) is 7.66. The fourth-order valence-corrected chi connectivity index (χ4v) is 8.63. The lowest BCUT2D eigenvalue weighted by molar-refractivity contribution is -0.161. The maximum absolute atomic E-state index is 13.7. The van der Waals surface area contributed by atoms with Gasteiger partial charge in [0.2, 0.25) is 0 Å². The highest BCUT2D eigenvalue weighted by atomic mass is 16.5. The maximum atomic E-state index is 13.7. The van der Waals surface area contributed by atoms with Crippen LogP contribution in [0.1, 0.15) is 85.0 Å². The lowest BCUT2D eigenvalue weighted by Gasteiger charge is -2.60. The van der Waals surface area contributed by atoms with Gasteiger partial charge in [-0.3, -0.25) is 9.59 Å². The summed E-state index contributed by atoms with van der Waals surface area (Å²) >= 11 is 0. The van der Waals surface area contributed by atoms with E-state index in [1.165, 1.54) is 25.7 Å². The van der Waals surface area contributed by atoms with Crippen LogP contribution in [0.3, 0.4) is 0 Å². The summed E-state index contributed by atoms with van der Waals surface area (Å²) in [4.78, 5) is 24.8. The summed E-state index contributed by atoms with van der Waals surface area (Å²) in [5.74, 6) is 2.86. The van der Waals surface area contributed by atoms with Crippen LogP contribution in [-0.4, -0.2) is 30.1 Å². The Morgan fingerprint density at radius 1 is 1.17 bits per heavy atom. The number of carboxylic acids is 1. The summed E-state index contributed by atoms with van der Waals surface area (Å²) < 4.78 is 5.70. The van der Waals surface area contributed by atoms with Crippen LogP contribution in [-0.2, 0) is 14.3 Å². The number of Topliss-reactive ketones (excluding diaryl/α,β-unsaturated/α-hetero) is 1. The van der Waals surface area contributed by atoms with E-state index in [0.717, 1.165) is 25.7 Å². The topological polar surface area (TPSA) is 63.6 Å². The Hall–Kier alpha value is -0.900. The summed E-state index contributed by atoms with van der Waals surface area (Å²) in [6.45, 7) is 6.92. The zero-order valence-electron chi connectivity index (χ0n) is 18.8. The van der Waals surface area contributed by atoms with Gasteiger partial charge in [0.15, 0.2) is 0 Å². The van der Waals surface area contributed by atoms with Crippen LogP contribution in [0.5, 0.6) is 0 Å². The van der Waals surface area contributed by atoms with Gasteiger partial charge < -0.3 is 9.84 Å². The van der Waals surface area contributed by atoms with Crippen LogP contribution < -0.4 is 0 Å². The second-order valence-corrected chi connectivity index (χ2v) is 11.3. The van der Waals surface area contributed by atoms with E-state index < -0.39 is 5.97 Å². The van der Waals surface area contributed by atoms with E-state index in [1.54, 1.807) is 0 Å². The molecule has 0 aromatic rings. The van der Waals surface area contributed by atoms with Crippen LogP contribution in [0.15, 0.2) is 0 Å². The van der Waals surface area contributed by atoms with Crippen molar-refractivity contribution in [1.82, 2.24) is 0 Å². The molecule has 4 aliphatic carbocycles. The molecule has 0 aromatic heterocycles. The number of aliphatic carboxylic acids is 1. The fraction of sp³-hybridized carbons (Fsp3) is 0.920. The quantitative estimate of drug-likeness (QED) is 0.672. The number of hydrogen-bond acceptors (Lipinski definition) is 3. The minimum absolute atomic E-state index is 0.221. The van der Waals surface area contributed by atoms with Gasteiger partial charge in [0.1, 0.15) is 5.78 Å². The third kappa shape index (κ3) is 3.28. The first-order valence-corrected chi connectivity index (χ1v) is 12.0. The summed E-state index contributed by atoms with van der Waals surface area (Å²) in [7, 11) is 1.85. The highest BCUT2D eigenvalue weighted by Gasteiger charge is 2.63. The molecule has 0 radical (unpaired) electrons. The molecule has 0 aliphatic heterocycles. The Bertz CT molecular complexity index is 659. The van der Waals surface area contributed by atoms with Gasteiger partial charge in [0.25, 0.3) is 0 Å². The van der Waals surface area contributed by atoms with Gasteiger partial charge in [-0.25, -0.2) is 0 Å². The van der Waals surface area contributed by atoms with Crippen molar-refractivity contribution >= 4 is 11.8 Å². The fourth-order valence-electron chi connectivity index (χ4n) is 8.63. The molecule has 4 heteroatoms. The lowest BCUT2D eigenvalue weighted by atomic mass is 9.44. The average Bonchev–Trinajstić information content (AvgIpc) is 3.05. The monoisotopic (exact) mass is 404 g/mol. The van der Waals surface area contributed by atoms with E-state index in [0.29, 0.717) is 59.2 Å². The average molecular weight is 405 g/mol. The number of rotatable bonds is 5. The van der Waals surface area contributed by atoms with E-state index in [-0.39, 0.29) is 11.8 Å². The standard InChI is InChI=1S/C25H40O4/c1-15(5-10-23(27)28)19-8-9-20-18-7-6-16-13-17(29-4)11-12-24(16,2)21(18)14-22(26)25(19,20)3/h15-21H,5-14H2,1-4H3,(H,27,28)/t15-,16-,17-,18+,19-,20+,21+,24+,25-/m1/s1. The zero-order valence-corrected chi connectivity index (χ0v) is 18.8. The lowest BCUT2D eigenvalue weighted by Crippen LogP contribution is -2.57. The Labute approximate surface area is 176 Å². The minimum atomic E-state index is -0.718. The molecule has 4 saturated carbocycles. The Morgan fingerprint density at radius 3 is 2.62 bits per heavy atom. The predicted molar refractivity (Wildman–Crippen MR) is 112 cm³/mol. The van der Waals surface area contributed by atoms with Crippen molar-refractivity contribution in [2.75, 3.05) is 7.11 Å². The van der Waals surface area contributed by atoms with Gasteiger partial charge in [-0.05, 0) is 92.3 Å². The number of hydrogen-bond donors (Lipinski definition) is 1. The molecule has 164 valence electrons. The minimum Gasteiger partial charge on any atom is -0.481 e. The number of methoxy groups -OCH3 is 1. The van der Waals surface area contributed by atoms with Crippen molar-refractivity contribution in [2.24, 2.45) is 46.3 Å². The highest BCUT2D eigenvalue weighted by Crippen LogP contribution is 2.67. The van der Waals surface area contributed by atoms with Crippen molar-refractivity contribution in [3.05, 3.63) is 0 Å². The molecule has 0 bridgehead atoms. The van der Waals surface area contributed by atoms with Crippen molar-refractivity contribution in [1.29, 1.82) is 0 Å². The predicted octanol–water partition coefficient (Wildman–Crippen LogP) is 5.34. The summed E-state index contributed by atoms with van der Waals surface area (Å²) in [6, 6.07) is 0. The molecule has 0 spiro atoms. The number of ether oxygens (including phenoxy) is 1. The van der Waals surface area contributed by atoms with Gasteiger partial charge >= 0.3 is 5.97 Å². The van der Waals surface area contributed by atoms with Crippen LogP contribution in [0.25, 0.3) is 0 Å². The third-order valence-corrected chi connectivity index (χ3v) is 10.4. The van der Waals surface area contributed by atoms with E-state index in [2.05, 4.69) is 20.8 Å². The van der Waals surface area contributed by atoms with E-state index in [4.69, 9.17) is 9.84 Å². The van der Waals surface area contributed by atoms with Crippen LogP contribution in [0.2, 0.25) is 0 Å². The summed E-state index contributed by atoms with van der Waals surface area (Å²) in [5, 5.41) is 9.11. The molecule has 0 aromatic carbocycles. The number of carbonyl (C=O) groups excluding carboxylic acids is 1. The summed E-state index contributed by atoms with van der Waals surface area (Å²) in [6.07, 6.45) is 10.4. The van der Waals surface area contributed by atoms with Crippen molar-refractivity contribution < 1.29 is 19.4 Å². The maximum Gasteiger partial charge on any atom is 0.303 e. The zero-order chi connectivity index (χ0) is 21.0. The SMILES string of the molecule is CO[C@@H]1CC[C@@]2(C)[C@H](CC[C@@H]3[C@@H]2CC(=O)[C@]2(C)[C@@H]([C@H](C)CCC(=O)O)CC[C@@H]32)C1. The first-order valence-electron chi connectivity index (χ1n) is 12.0. The number of carbonyl (C=O) groups is 2. The molecule has 0 heterocycles. The third-order valence-electron chi connectivity index (χ3n) is 10.4. The molecule has 4 aliphatic rings. The van der Waals surface area contributed by atoms with E-state index >= 15 is 0 Å². The number of fused-ring (bicyclic) bond motifs is 5. The molecular weight excluding hydrogens is 364 g/mol. The first kappa shape index (κ1) is 21.3. The Morgan fingerprint density at radius 2 is 1.93 bits per heavy atom. The molecule has 4 nitrogen and oxygen atoms in total. The van der Waals surface area contributed by atoms with E-state index in [9.17, 15) is 9.59 Å². The van der Waals surface area contributed by atoms with Crippen molar-refractivity contribution in [2.45, 2.75) is 91.1 Å². The van der Waals surface area contributed by atoms with E-state index in [1.807, 2.05) is 7.11 Å². The largest absolute Gasteiger partial charge is 0.481 e. The molecule has 4 fully saturated rings. The molecule has 4 rings (SSSR count).